The monoisotopic (exact) mass is 487 g/mol. The number of hydrogen-bond donors (Lipinski definition) is 2. The van der Waals surface area contributed by atoms with E-state index in [1.54, 1.807) is 18.2 Å². The minimum absolute atomic E-state index is 0.155. The first-order chi connectivity index (χ1) is 17.1. The minimum atomic E-state index is -0.346. The van der Waals surface area contributed by atoms with Crippen molar-refractivity contribution >= 4 is 29.1 Å². The number of hydrogen-bond acceptors (Lipinski definition) is 7. The van der Waals surface area contributed by atoms with Crippen LogP contribution in [0.1, 0.15) is 29.7 Å². The van der Waals surface area contributed by atoms with Crippen LogP contribution in [0.2, 0.25) is 0 Å². The molecule has 1 aliphatic heterocycles. The molecule has 4 aromatic rings. The van der Waals surface area contributed by atoms with Crippen molar-refractivity contribution < 1.29 is 14.3 Å². The Hall–Kier alpha value is -4.18. The number of carbonyl (C=O) groups is 1. The first-order valence-corrected chi connectivity index (χ1v) is 12.2. The number of carbonyl (C=O) groups excluding carboxylic acids is 1. The summed E-state index contributed by atoms with van der Waals surface area (Å²) in [4.78, 5) is 34.0. The van der Waals surface area contributed by atoms with Crippen LogP contribution >= 0.6 is 11.3 Å². The van der Waals surface area contributed by atoms with E-state index in [-0.39, 0.29) is 24.2 Å². The first-order valence-electron chi connectivity index (χ1n) is 11.3. The van der Waals surface area contributed by atoms with Crippen molar-refractivity contribution in [2.45, 2.75) is 25.7 Å². The summed E-state index contributed by atoms with van der Waals surface area (Å²) < 4.78 is 12.2. The third kappa shape index (κ3) is 4.24. The van der Waals surface area contributed by atoms with Crippen LogP contribution in [-0.4, -0.2) is 32.4 Å². The summed E-state index contributed by atoms with van der Waals surface area (Å²) in [6.07, 6.45) is 6.59. The second kappa shape index (κ2) is 8.88. The molecular weight excluding hydrogens is 466 g/mol. The van der Waals surface area contributed by atoms with Crippen LogP contribution in [-0.2, 0) is 17.6 Å². The summed E-state index contributed by atoms with van der Waals surface area (Å²) in [7, 11) is 0. The molecule has 1 amide bonds. The average Bonchev–Trinajstić information content (AvgIpc) is 3.63. The lowest BCUT2D eigenvalue weighted by atomic mass is 9.97. The first kappa shape index (κ1) is 21.4. The van der Waals surface area contributed by atoms with Crippen LogP contribution in [0.15, 0.2) is 52.6 Å². The maximum Gasteiger partial charge on any atom is 0.255 e. The lowest BCUT2D eigenvalue weighted by Crippen LogP contribution is -2.24. The molecular formula is C25H21N5O4S. The Labute approximate surface area is 204 Å². The van der Waals surface area contributed by atoms with E-state index in [4.69, 9.17) is 9.47 Å². The molecule has 0 radical (unpaired) electrons. The number of nitrogens with zero attached hydrogens (tertiary/aromatic N) is 3. The van der Waals surface area contributed by atoms with Crippen molar-refractivity contribution in [3.05, 3.63) is 75.0 Å². The molecule has 0 spiro atoms. The lowest BCUT2D eigenvalue weighted by Gasteiger charge is -2.15. The van der Waals surface area contributed by atoms with Gasteiger partial charge in [-0.25, -0.2) is 4.98 Å². The molecule has 2 aliphatic rings. The van der Waals surface area contributed by atoms with E-state index >= 15 is 0 Å². The molecule has 0 unspecified atom stereocenters. The number of aromatic amines is 1. The van der Waals surface area contributed by atoms with Crippen molar-refractivity contribution in [1.82, 2.24) is 19.7 Å². The number of ether oxygens (including phenoxy) is 2. The smallest absolute Gasteiger partial charge is 0.255 e. The van der Waals surface area contributed by atoms with Crippen molar-refractivity contribution in [3.8, 4) is 28.0 Å². The van der Waals surface area contributed by atoms with Gasteiger partial charge in [0.1, 0.15) is 11.5 Å². The zero-order valence-corrected chi connectivity index (χ0v) is 19.4. The molecule has 176 valence electrons. The number of rotatable bonds is 5. The number of amides is 1. The molecule has 0 atom stereocenters. The van der Waals surface area contributed by atoms with Crippen molar-refractivity contribution in [3.63, 3.8) is 0 Å². The molecule has 3 aromatic heterocycles. The number of H-pyrrole nitrogens is 1. The average molecular weight is 488 g/mol. The van der Waals surface area contributed by atoms with E-state index in [1.165, 1.54) is 22.1 Å². The van der Waals surface area contributed by atoms with E-state index < -0.39 is 0 Å². The molecule has 10 heteroatoms. The molecule has 2 N–H and O–H groups in total. The summed E-state index contributed by atoms with van der Waals surface area (Å²) in [6, 6.07) is 11.1. The van der Waals surface area contributed by atoms with E-state index in [0.29, 0.717) is 23.0 Å². The second-order valence-corrected chi connectivity index (χ2v) is 9.21. The van der Waals surface area contributed by atoms with E-state index in [0.717, 1.165) is 47.4 Å². The topological polar surface area (TPSA) is 111 Å². The Morgan fingerprint density at radius 3 is 2.91 bits per heavy atom. The van der Waals surface area contributed by atoms with Crippen molar-refractivity contribution in [2.24, 2.45) is 0 Å². The quantitative estimate of drug-likeness (QED) is 0.413. The highest BCUT2D eigenvalue weighted by Crippen LogP contribution is 2.33. The predicted molar refractivity (Wildman–Crippen MR) is 132 cm³/mol. The SMILES string of the molecule is O=C(/C=C\c1ccc2c(c1)OCO2)Nc1cc(-c2cccs2)nn1-c1nc2c(c(=O)[nH]1)CCCC2. The van der Waals surface area contributed by atoms with Gasteiger partial charge in [0.15, 0.2) is 11.5 Å². The molecule has 0 bridgehead atoms. The molecule has 4 heterocycles. The Morgan fingerprint density at radius 2 is 2.03 bits per heavy atom. The molecule has 35 heavy (non-hydrogen) atoms. The number of nitrogens with one attached hydrogen (secondary N) is 2. The van der Waals surface area contributed by atoms with Gasteiger partial charge >= 0.3 is 0 Å². The van der Waals surface area contributed by atoms with Crippen LogP contribution < -0.4 is 20.3 Å². The standard InChI is InChI=1S/C25H21N5O4S/c31-23(10-8-15-7-9-19-20(12-15)34-14-33-19)27-22-13-18(21-6-3-11-35-21)29-30(22)25-26-17-5-2-1-4-16(17)24(32)28-25/h3,6-13H,1-2,4-5,14H2,(H,27,31)(H,26,28,32)/b10-8-. The fourth-order valence-electron chi connectivity index (χ4n) is 4.22. The van der Waals surface area contributed by atoms with Gasteiger partial charge in [-0.3, -0.25) is 14.6 Å². The zero-order valence-electron chi connectivity index (χ0n) is 18.6. The Balaban J connectivity index is 1.32. The normalized spacial score (nSPS) is 14.3. The Morgan fingerprint density at radius 1 is 1.14 bits per heavy atom. The molecule has 6 rings (SSSR count). The summed E-state index contributed by atoms with van der Waals surface area (Å²) >= 11 is 1.54. The summed E-state index contributed by atoms with van der Waals surface area (Å²) in [5.41, 5.74) is 2.86. The van der Waals surface area contributed by atoms with E-state index in [1.807, 2.05) is 29.6 Å². The number of benzene rings is 1. The van der Waals surface area contributed by atoms with Gasteiger partial charge in [-0.05, 0) is 60.9 Å². The second-order valence-electron chi connectivity index (χ2n) is 8.26. The Bertz CT molecular complexity index is 1500. The van der Waals surface area contributed by atoms with Gasteiger partial charge in [-0.15, -0.1) is 11.3 Å². The van der Waals surface area contributed by atoms with Crippen LogP contribution in [0.25, 0.3) is 22.6 Å². The number of aryl methyl sites for hydroxylation is 1. The van der Waals surface area contributed by atoms with Gasteiger partial charge in [0.25, 0.3) is 5.56 Å². The minimum Gasteiger partial charge on any atom is -0.454 e. The van der Waals surface area contributed by atoms with Gasteiger partial charge in [-0.2, -0.15) is 9.78 Å². The van der Waals surface area contributed by atoms with E-state index in [9.17, 15) is 9.59 Å². The van der Waals surface area contributed by atoms with Gasteiger partial charge in [0.2, 0.25) is 18.6 Å². The third-order valence-electron chi connectivity index (χ3n) is 5.94. The maximum atomic E-state index is 12.8. The van der Waals surface area contributed by atoms with Gasteiger partial charge in [0, 0.05) is 17.7 Å². The molecule has 1 aliphatic carbocycles. The van der Waals surface area contributed by atoms with Gasteiger partial charge in [-0.1, -0.05) is 12.1 Å². The molecule has 9 nitrogen and oxygen atoms in total. The van der Waals surface area contributed by atoms with Crippen LogP contribution in [0, 0.1) is 0 Å². The van der Waals surface area contributed by atoms with Crippen LogP contribution in [0.4, 0.5) is 5.82 Å². The highest BCUT2D eigenvalue weighted by molar-refractivity contribution is 7.13. The van der Waals surface area contributed by atoms with Crippen molar-refractivity contribution in [2.75, 3.05) is 12.1 Å². The highest BCUT2D eigenvalue weighted by atomic mass is 32.1. The van der Waals surface area contributed by atoms with Gasteiger partial charge in [0.05, 0.1) is 10.6 Å². The maximum absolute atomic E-state index is 12.8. The number of anilines is 1. The third-order valence-corrected chi connectivity index (χ3v) is 6.83. The molecule has 0 saturated carbocycles. The molecule has 0 fully saturated rings. The summed E-state index contributed by atoms with van der Waals surface area (Å²) in [5.74, 6) is 1.68. The molecule has 1 aromatic carbocycles. The van der Waals surface area contributed by atoms with Crippen LogP contribution in [0.5, 0.6) is 11.5 Å². The fraction of sp³-hybridized carbons (Fsp3) is 0.200. The van der Waals surface area contributed by atoms with Gasteiger partial charge < -0.3 is 14.8 Å². The molecule has 0 saturated heterocycles. The largest absolute Gasteiger partial charge is 0.454 e. The number of thiophene rings is 1. The van der Waals surface area contributed by atoms with E-state index in [2.05, 4.69) is 20.4 Å². The number of fused-ring (bicyclic) bond motifs is 2. The Kier molecular flexibility index (Phi) is 5.42. The summed E-state index contributed by atoms with van der Waals surface area (Å²) in [5, 5.41) is 9.48. The predicted octanol–water partition coefficient (Wildman–Crippen LogP) is 3.94. The van der Waals surface area contributed by atoms with Crippen molar-refractivity contribution in [1.29, 1.82) is 0 Å². The zero-order chi connectivity index (χ0) is 23.8. The van der Waals surface area contributed by atoms with Crippen LogP contribution in [0.3, 0.4) is 0 Å². The number of aromatic nitrogens is 4. The lowest BCUT2D eigenvalue weighted by molar-refractivity contribution is -0.111. The fourth-order valence-corrected chi connectivity index (χ4v) is 4.90. The summed E-state index contributed by atoms with van der Waals surface area (Å²) in [6.45, 7) is 0.193. The highest BCUT2D eigenvalue weighted by Gasteiger charge is 2.20.